The van der Waals surface area contributed by atoms with Crippen molar-refractivity contribution >= 4 is 16.9 Å². The first kappa shape index (κ1) is 16.5. The van der Waals surface area contributed by atoms with Gasteiger partial charge < -0.3 is 20.5 Å². The average molecular weight is 304 g/mol. The number of benzene rings is 1. The Bertz CT molecular complexity index is 709. The third-order valence-corrected chi connectivity index (χ3v) is 3.92. The molecule has 0 fully saturated rings. The second-order valence-electron chi connectivity index (χ2n) is 6.72. The molecule has 5 heteroatoms. The summed E-state index contributed by atoms with van der Waals surface area (Å²) in [5, 5.41) is 20.4. The van der Waals surface area contributed by atoms with Gasteiger partial charge in [-0.05, 0) is 30.0 Å². The fraction of sp³-hybridized carbons (Fsp3) is 0.471. The highest BCUT2D eigenvalue weighted by Crippen LogP contribution is 2.34. The largest absolute Gasteiger partial charge is 0.478 e. The smallest absolute Gasteiger partial charge is 0.337 e. The Morgan fingerprint density at radius 1 is 1.36 bits per heavy atom. The molecule has 0 bridgehead atoms. The van der Waals surface area contributed by atoms with Gasteiger partial charge in [0.1, 0.15) is 0 Å². The molecule has 2 rings (SSSR count). The molecule has 22 heavy (non-hydrogen) atoms. The number of nitrogens with zero attached hydrogens (tertiary/aromatic N) is 1. The van der Waals surface area contributed by atoms with Gasteiger partial charge in [-0.1, -0.05) is 20.8 Å². The number of carboxylic acids is 1. The van der Waals surface area contributed by atoms with Crippen LogP contribution < -0.4 is 5.73 Å². The molecule has 5 nitrogen and oxygen atoms in total. The molecule has 1 atom stereocenters. The first-order valence-corrected chi connectivity index (χ1v) is 7.45. The molecule has 0 aliphatic carbocycles. The maximum Gasteiger partial charge on any atom is 0.337 e. The van der Waals surface area contributed by atoms with Crippen LogP contribution in [0.15, 0.2) is 18.3 Å². The van der Waals surface area contributed by atoms with E-state index in [-0.39, 0.29) is 11.0 Å². The third-order valence-electron chi connectivity index (χ3n) is 3.92. The van der Waals surface area contributed by atoms with Crippen molar-refractivity contribution in [3.8, 4) is 0 Å². The topological polar surface area (TPSA) is 88.5 Å². The first-order valence-electron chi connectivity index (χ1n) is 7.45. The number of carboxylic acid groups (broad SMARTS) is 1. The molecule has 1 aromatic carbocycles. The van der Waals surface area contributed by atoms with E-state index in [1.807, 2.05) is 31.4 Å². The van der Waals surface area contributed by atoms with E-state index in [2.05, 4.69) is 0 Å². The number of nitrogens with two attached hydrogens (primary N) is 1. The lowest BCUT2D eigenvalue weighted by Crippen LogP contribution is -2.14. The fourth-order valence-corrected chi connectivity index (χ4v) is 2.71. The third kappa shape index (κ3) is 2.87. The number of aromatic nitrogens is 1. The van der Waals surface area contributed by atoms with Crippen LogP contribution in [-0.2, 0) is 12.0 Å². The van der Waals surface area contributed by atoms with E-state index in [0.29, 0.717) is 18.6 Å². The highest BCUT2D eigenvalue weighted by molar-refractivity contribution is 6.04. The fourth-order valence-electron chi connectivity index (χ4n) is 2.71. The van der Waals surface area contributed by atoms with Gasteiger partial charge in [0.15, 0.2) is 0 Å². The minimum atomic E-state index is -0.968. The van der Waals surface area contributed by atoms with Crippen LogP contribution in [0.5, 0.6) is 0 Å². The summed E-state index contributed by atoms with van der Waals surface area (Å²) in [6.07, 6.45) is 1.14. The van der Waals surface area contributed by atoms with E-state index in [1.165, 1.54) is 0 Å². The van der Waals surface area contributed by atoms with Crippen LogP contribution in [0.2, 0.25) is 0 Å². The van der Waals surface area contributed by atoms with Gasteiger partial charge in [0.05, 0.1) is 17.2 Å². The zero-order chi connectivity index (χ0) is 16.7. The van der Waals surface area contributed by atoms with E-state index in [9.17, 15) is 15.0 Å². The predicted octanol–water partition coefficient (Wildman–Crippen LogP) is 2.65. The van der Waals surface area contributed by atoms with Gasteiger partial charge in [-0.2, -0.15) is 0 Å². The van der Waals surface area contributed by atoms with Gasteiger partial charge in [-0.3, -0.25) is 0 Å². The van der Waals surface area contributed by atoms with Crippen LogP contribution >= 0.6 is 0 Å². The first-order chi connectivity index (χ1) is 10.2. The van der Waals surface area contributed by atoms with Gasteiger partial charge in [-0.25, -0.2) is 4.79 Å². The van der Waals surface area contributed by atoms with Gasteiger partial charge in [0, 0.05) is 30.2 Å². The molecule has 1 heterocycles. The van der Waals surface area contributed by atoms with Crippen LogP contribution in [0.1, 0.15) is 55.3 Å². The molecule has 0 aliphatic rings. The highest BCUT2D eigenvalue weighted by Gasteiger charge is 2.23. The quantitative estimate of drug-likeness (QED) is 0.810. The second-order valence-corrected chi connectivity index (χ2v) is 6.72. The lowest BCUT2D eigenvalue weighted by molar-refractivity contribution is 0.0698. The molecule has 2 aromatic rings. The maximum absolute atomic E-state index is 11.7. The summed E-state index contributed by atoms with van der Waals surface area (Å²) < 4.78 is 1.83. The van der Waals surface area contributed by atoms with Crippen molar-refractivity contribution in [3.63, 3.8) is 0 Å². The standard InChI is InChI=1S/C17H24N2O3/c1-10(20)14-9-19(6-5-18)15-12(14)7-11(17(2,3)4)8-13(15)16(21)22/h7-10,20H,5-6,18H2,1-4H3,(H,21,22). The van der Waals surface area contributed by atoms with E-state index in [4.69, 9.17) is 5.73 Å². The lowest BCUT2D eigenvalue weighted by atomic mass is 9.84. The predicted molar refractivity (Wildman–Crippen MR) is 87.3 cm³/mol. The number of aromatic carboxylic acids is 1. The molecule has 0 amide bonds. The SMILES string of the molecule is CC(O)c1cn(CCN)c2c(C(=O)O)cc(C(C)(C)C)cc12. The van der Waals surface area contributed by atoms with Crippen molar-refractivity contribution in [2.75, 3.05) is 6.54 Å². The van der Waals surface area contributed by atoms with Crippen molar-refractivity contribution in [2.24, 2.45) is 5.73 Å². The highest BCUT2D eigenvalue weighted by atomic mass is 16.4. The van der Waals surface area contributed by atoms with Crippen LogP contribution in [0.25, 0.3) is 10.9 Å². The lowest BCUT2D eigenvalue weighted by Gasteiger charge is -2.20. The van der Waals surface area contributed by atoms with Crippen LogP contribution in [-0.4, -0.2) is 27.3 Å². The van der Waals surface area contributed by atoms with Crippen molar-refractivity contribution < 1.29 is 15.0 Å². The molecule has 4 N–H and O–H groups in total. The van der Waals surface area contributed by atoms with Crippen molar-refractivity contribution in [1.29, 1.82) is 0 Å². The molecule has 0 saturated carbocycles. The van der Waals surface area contributed by atoms with Crippen LogP contribution in [0.3, 0.4) is 0 Å². The minimum Gasteiger partial charge on any atom is -0.478 e. The van der Waals surface area contributed by atoms with Crippen molar-refractivity contribution in [2.45, 2.75) is 45.8 Å². The Balaban J connectivity index is 2.90. The summed E-state index contributed by atoms with van der Waals surface area (Å²) in [7, 11) is 0. The number of aliphatic hydroxyl groups excluding tert-OH is 1. The maximum atomic E-state index is 11.7. The molecule has 1 aromatic heterocycles. The molecule has 120 valence electrons. The Morgan fingerprint density at radius 3 is 2.45 bits per heavy atom. The van der Waals surface area contributed by atoms with E-state index >= 15 is 0 Å². The Labute approximate surface area is 130 Å². The van der Waals surface area contributed by atoms with Crippen molar-refractivity contribution in [1.82, 2.24) is 4.57 Å². The molecular formula is C17H24N2O3. The number of fused-ring (bicyclic) bond motifs is 1. The Morgan fingerprint density at radius 2 is 2.00 bits per heavy atom. The summed E-state index contributed by atoms with van der Waals surface area (Å²) in [6.45, 7) is 8.73. The molecular weight excluding hydrogens is 280 g/mol. The summed E-state index contributed by atoms with van der Waals surface area (Å²) in [4.78, 5) is 11.7. The van der Waals surface area contributed by atoms with Crippen molar-refractivity contribution in [3.05, 3.63) is 35.0 Å². The van der Waals surface area contributed by atoms with Gasteiger partial charge in [0.25, 0.3) is 0 Å². The Hall–Kier alpha value is -1.85. The Kier molecular flexibility index (Phi) is 4.31. The normalized spacial score (nSPS) is 13.5. The molecule has 0 aliphatic heterocycles. The zero-order valence-electron chi connectivity index (χ0n) is 13.6. The number of hydrogen-bond donors (Lipinski definition) is 3. The number of hydrogen-bond acceptors (Lipinski definition) is 3. The zero-order valence-corrected chi connectivity index (χ0v) is 13.6. The van der Waals surface area contributed by atoms with Gasteiger partial charge in [-0.15, -0.1) is 0 Å². The summed E-state index contributed by atoms with van der Waals surface area (Å²) in [6, 6.07) is 3.71. The van der Waals surface area contributed by atoms with Gasteiger partial charge in [0.2, 0.25) is 0 Å². The average Bonchev–Trinajstić information content (AvgIpc) is 2.76. The minimum absolute atomic E-state index is 0.176. The molecule has 1 unspecified atom stereocenters. The van der Waals surface area contributed by atoms with E-state index in [1.54, 1.807) is 19.2 Å². The second kappa shape index (κ2) is 5.74. The van der Waals surface area contributed by atoms with Crippen LogP contribution in [0, 0.1) is 0 Å². The summed E-state index contributed by atoms with van der Waals surface area (Å²) in [5.41, 5.74) is 8.00. The van der Waals surface area contributed by atoms with Gasteiger partial charge >= 0.3 is 5.97 Å². The number of aliphatic hydroxyl groups is 1. The summed E-state index contributed by atoms with van der Waals surface area (Å²) >= 11 is 0. The molecule has 0 spiro atoms. The molecule has 0 saturated heterocycles. The summed E-state index contributed by atoms with van der Waals surface area (Å²) in [5.74, 6) is -0.968. The monoisotopic (exact) mass is 304 g/mol. The van der Waals surface area contributed by atoms with E-state index in [0.717, 1.165) is 16.5 Å². The number of carbonyl (C=O) groups is 1. The van der Waals surface area contributed by atoms with E-state index < -0.39 is 12.1 Å². The molecule has 0 radical (unpaired) electrons. The number of rotatable bonds is 4. The van der Waals surface area contributed by atoms with Crippen LogP contribution in [0.4, 0.5) is 0 Å².